The Kier molecular flexibility index (Phi) is 3.84. The molecule has 2 N–H and O–H groups in total. The lowest BCUT2D eigenvalue weighted by Gasteiger charge is -2.39. The summed E-state index contributed by atoms with van der Waals surface area (Å²) in [6, 6.07) is 0.204. The van der Waals surface area contributed by atoms with Crippen LogP contribution in [-0.4, -0.2) is 29.9 Å². The summed E-state index contributed by atoms with van der Waals surface area (Å²) in [6.45, 7) is 5.60. The van der Waals surface area contributed by atoms with E-state index in [1.807, 2.05) is 22.6 Å². The molecular weight excluding hydrogens is 232 g/mol. The maximum absolute atomic E-state index is 12.5. The Morgan fingerprint density at radius 3 is 2.94 bits per heavy atom. The minimum atomic E-state index is 0.158. The normalized spacial score (nSPS) is 25.0. The number of piperidine rings is 1. The average molecular weight is 252 g/mol. The van der Waals surface area contributed by atoms with Crippen LogP contribution in [0.2, 0.25) is 0 Å². The van der Waals surface area contributed by atoms with Crippen LogP contribution in [0.3, 0.4) is 0 Å². The van der Waals surface area contributed by atoms with E-state index in [1.54, 1.807) is 11.3 Å². The number of likely N-dealkylation sites (tertiary alicyclic amines) is 1. The highest BCUT2D eigenvalue weighted by atomic mass is 32.1. The summed E-state index contributed by atoms with van der Waals surface area (Å²) in [5.41, 5.74) is 7.75. The standard InChI is InChI=1S/C13H20N2OS/c1-9-4-3-5-15(12(9)6-14)13(16)11-8-17-7-10(11)2/h7-9,12H,3-6,14H2,1-2H3/t9-,12+/m0/s1. The van der Waals surface area contributed by atoms with Crippen LogP contribution in [0.15, 0.2) is 10.8 Å². The van der Waals surface area contributed by atoms with E-state index in [2.05, 4.69) is 6.92 Å². The van der Waals surface area contributed by atoms with E-state index in [9.17, 15) is 4.79 Å². The average Bonchev–Trinajstić information content (AvgIpc) is 2.74. The Labute approximate surface area is 107 Å². The summed E-state index contributed by atoms with van der Waals surface area (Å²) in [6.07, 6.45) is 2.26. The van der Waals surface area contributed by atoms with Crippen LogP contribution in [0, 0.1) is 12.8 Å². The van der Waals surface area contributed by atoms with E-state index in [-0.39, 0.29) is 11.9 Å². The molecule has 17 heavy (non-hydrogen) atoms. The number of hydrogen-bond donors (Lipinski definition) is 1. The third-order valence-corrected chi connectivity index (χ3v) is 4.57. The van der Waals surface area contributed by atoms with E-state index in [0.717, 1.165) is 24.1 Å². The van der Waals surface area contributed by atoms with Gasteiger partial charge in [0.05, 0.1) is 5.56 Å². The van der Waals surface area contributed by atoms with E-state index < -0.39 is 0 Å². The smallest absolute Gasteiger partial charge is 0.255 e. The van der Waals surface area contributed by atoms with Gasteiger partial charge in [-0.25, -0.2) is 0 Å². The molecule has 0 bridgehead atoms. The third-order valence-electron chi connectivity index (χ3n) is 3.70. The number of nitrogens with zero attached hydrogens (tertiary/aromatic N) is 1. The molecule has 94 valence electrons. The molecular formula is C13H20N2OS. The lowest BCUT2D eigenvalue weighted by Crippen LogP contribution is -2.51. The molecule has 3 nitrogen and oxygen atoms in total. The van der Waals surface area contributed by atoms with Crippen LogP contribution in [-0.2, 0) is 0 Å². The summed E-state index contributed by atoms with van der Waals surface area (Å²) in [4.78, 5) is 14.4. The van der Waals surface area contributed by atoms with Gasteiger partial charge < -0.3 is 10.6 Å². The van der Waals surface area contributed by atoms with Crippen molar-refractivity contribution < 1.29 is 4.79 Å². The molecule has 0 saturated carbocycles. The summed E-state index contributed by atoms with van der Waals surface area (Å²) in [5, 5.41) is 3.97. The number of aryl methyl sites for hydroxylation is 1. The topological polar surface area (TPSA) is 46.3 Å². The van der Waals surface area contributed by atoms with Gasteiger partial charge in [-0.2, -0.15) is 11.3 Å². The van der Waals surface area contributed by atoms with Crippen LogP contribution < -0.4 is 5.73 Å². The van der Waals surface area contributed by atoms with Crippen molar-refractivity contribution in [1.29, 1.82) is 0 Å². The second-order valence-corrected chi connectivity index (χ2v) is 5.63. The zero-order valence-electron chi connectivity index (χ0n) is 10.5. The van der Waals surface area contributed by atoms with Gasteiger partial charge in [0.2, 0.25) is 0 Å². The molecule has 4 heteroatoms. The van der Waals surface area contributed by atoms with Gasteiger partial charge in [0.1, 0.15) is 0 Å². The highest BCUT2D eigenvalue weighted by molar-refractivity contribution is 7.08. The zero-order valence-corrected chi connectivity index (χ0v) is 11.3. The van der Waals surface area contributed by atoms with Crippen molar-refractivity contribution in [3.63, 3.8) is 0 Å². The minimum Gasteiger partial charge on any atom is -0.334 e. The van der Waals surface area contributed by atoms with E-state index in [0.29, 0.717) is 12.5 Å². The first-order valence-electron chi connectivity index (χ1n) is 6.19. The highest BCUT2D eigenvalue weighted by Gasteiger charge is 2.31. The van der Waals surface area contributed by atoms with E-state index in [1.165, 1.54) is 6.42 Å². The molecule has 1 amide bonds. The Morgan fingerprint density at radius 2 is 2.35 bits per heavy atom. The highest BCUT2D eigenvalue weighted by Crippen LogP contribution is 2.26. The van der Waals surface area contributed by atoms with Crippen LogP contribution in [0.5, 0.6) is 0 Å². The SMILES string of the molecule is Cc1cscc1C(=O)N1CCC[C@H](C)[C@H]1CN. The summed E-state index contributed by atoms with van der Waals surface area (Å²) in [5.74, 6) is 0.669. The molecule has 0 unspecified atom stereocenters. The van der Waals surface area contributed by atoms with Gasteiger partial charge in [-0.1, -0.05) is 6.92 Å². The molecule has 1 aromatic rings. The quantitative estimate of drug-likeness (QED) is 0.877. The first kappa shape index (κ1) is 12.6. The first-order chi connectivity index (χ1) is 8.15. The van der Waals surface area contributed by atoms with Crippen molar-refractivity contribution in [2.24, 2.45) is 11.7 Å². The van der Waals surface area contributed by atoms with E-state index in [4.69, 9.17) is 5.73 Å². The molecule has 2 rings (SSSR count). The van der Waals surface area contributed by atoms with Gasteiger partial charge in [-0.15, -0.1) is 0 Å². The molecule has 1 aliphatic heterocycles. The Bertz CT molecular complexity index is 402. The monoisotopic (exact) mass is 252 g/mol. The van der Waals surface area contributed by atoms with Gasteiger partial charge in [-0.05, 0) is 36.6 Å². The maximum Gasteiger partial charge on any atom is 0.255 e. The van der Waals surface area contributed by atoms with Crippen molar-refractivity contribution in [2.75, 3.05) is 13.1 Å². The number of carbonyl (C=O) groups excluding carboxylic acids is 1. The summed E-state index contributed by atoms with van der Waals surface area (Å²) >= 11 is 1.59. The minimum absolute atomic E-state index is 0.158. The second-order valence-electron chi connectivity index (χ2n) is 4.89. The lowest BCUT2D eigenvalue weighted by molar-refractivity contribution is 0.0532. The first-order valence-corrected chi connectivity index (χ1v) is 7.13. The molecule has 2 heterocycles. The second kappa shape index (κ2) is 5.19. The molecule has 0 spiro atoms. The Hall–Kier alpha value is -0.870. The van der Waals surface area contributed by atoms with Crippen LogP contribution >= 0.6 is 11.3 Å². The molecule has 0 aromatic carbocycles. The number of nitrogens with two attached hydrogens (primary N) is 1. The van der Waals surface area contributed by atoms with Crippen molar-refractivity contribution in [1.82, 2.24) is 4.90 Å². The predicted molar refractivity (Wildman–Crippen MR) is 71.3 cm³/mol. The largest absolute Gasteiger partial charge is 0.334 e. The fourth-order valence-corrected chi connectivity index (χ4v) is 3.42. The predicted octanol–water partition coefficient (Wildman–Crippen LogP) is 2.26. The van der Waals surface area contributed by atoms with Crippen molar-refractivity contribution in [2.45, 2.75) is 32.7 Å². The van der Waals surface area contributed by atoms with Gasteiger partial charge in [0, 0.05) is 24.5 Å². The fraction of sp³-hybridized carbons (Fsp3) is 0.615. The summed E-state index contributed by atoms with van der Waals surface area (Å²) in [7, 11) is 0. The molecule has 0 radical (unpaired) electrons. The van der Waals surface area contributed by atoms with Crippen LogP contribution in [0.25, 0.3) is 0 Å². The van der Waals surface area contributed by atoms with Gasteiger partial charge in [0.15, 0.2) is 0 Å². The Morgan fingerprint density at radius 1 is 1.59 bits per heavy atom. The van der Waals surface area contributed by atoms with E-state index >= 15 is 0 Å². The molecule has 1 aliphatic rings. The van der Waals surface area contributed by atoms with Gasteiger partial charge >= 0.3 is 0 Å². The van der Waals surface area contributed by atoms with Crippen LogP contribution in [0.4, 0.5) is 0 Å². The number of thiophene rings is 1. The number of carbonyl (C=O) groups is 1. The van der Waals surface area contributed by atoms with Crippen molar-refractivity contribution in [3.05, 3.63) is 21.9 Å². The third kappa shape index (κ3) is 2.38. The fourth-order valence-electron chi connectivity index (χ4n) is 2.60. The number of hydrogen-bond acceptors (Lipinski definition) is 3. The van der Waals surface area contributed by atoms with Gasteiger partial charge in [-0.3, -0.25) is 4.79 Å². The molecule has 1 fully saturated rings. The zero-order chi connectivity index (χ0) is 12.4. The summed E-state index contributed by atoms with van der Waals surface area (Å²) < 4.78 is 0. The van der Waals surface area contributed by atoms with Crippen molar-refractivity contribution >= 4 is 17.2 Å². The Balaban J connectivity index is 2.21. The molecule has 1 saturated heterocycles. The maximum atomic E-state index is 12.5. The number of amides is 1. The van der Waals surface area contributed by atoms with Gasteiger partial charge in [0.25, 0.3) is 5.91 Å². The molecule has 2 atom stereocenters. The number of rotatable bonds is 2. The molecule has 0 aliphatic carbocycles. The molecule has 1 aromatic heterocycles. The lowest BCUT2D eigenvalue weighted by atomic mass is 9.90. The van der Waals surface area contributed by atoms with Crippen LogP contribution in [0.1, 0.15) is 35.7 Å². The van der Waals surface area contributed by atoms with Crippen molar-refractivity contribution in [3.8, 4) is 0 Å².